The second-order valence-corrected chi connectivity index (χ2v) is 13.9. The van der Waals surface area contributed by atoms with Gasteiger partial charge in [-0.15, -0.1) is 0 Å². The monoisotopic (exact) mass is 640 g/mol. The number of nitrogens with zero attached hydrogens (tertiary/aromatic N) is 2. The van der Waals surface area contributed by atoms with E-state index < -0.39 is 47.5 Å². The lowest BCUT2D eigenvalue weighted by Crippen LogP contribution is -2.13. The molecule has 3 aromatic carbocycles. The molecule has 5 aromatic rings. The van der Waals surface area contributed by atoms with Gasteiger partial charge in [0, 0.05) is 15.6 Å². The Hall–Kier alpha value is -3.29. The number of H-pyrrole nitrogens is 2. The molecule has 0 spiro atoms. The molecule has 0 saturated carbocycles. The van der Waals surface area contributed by atoms with E-state index in [-0.39, 0.29) is 42.5 Å². The van der Waals surface area contributed by atoms with Crippen LogP contribution < -0.4 is 5.56 Å². The van der Waals surface area contributed by atoms with Crippen molar-refractivity contribution in [2.75, 3.05) is 0 Å². The first kappa shape index (κ1) is 28.2. The van der Waals surface area contributed by atoms with Gasteiger partial charge in [0.2, 0.25) is 0 Å². The zero-order valence-corrected chi connectivity index (χ0v) is 23.9. The molecule has 40 heavy (non-hydrogen) atoms. The number of sulfone groups is 2. The molecule has 0 fully saturated rings. The average molecular weight is 642 g/mol. The molecular formula is C25H16Cl3FN4O5S2. The summed E-state index contributed by atoms with van der Waals surface area (Å²) in [5.74, 6) is -1.88. The molecule has 2 N–H and O–H groups in total. The summed E-state index contributed by atoms with van der Waals surface area (Å²) >= 11 is 17.8. The average Bonchev–Trinajstić information content (AvgIpc) is 3.29. The van der Waals surface area contributed by atoms with Gasteiger partial charge in [0.15, 0.2) is 25.3 Å². The summed E-state index contributed by atoms with van der Waals surface area (Å²) < 4.78 is 65.5. The van der Waals surface area contributed by atoms with Crippen molar-refractivity contribution in [3.63, 3.8) is 0 Å². The van der Waals surface area contributed by atoms with Gasteiger partial charge in [-0.05, 0) is 42.0 Å². The number of rotatable bonds is 7. The molecule has 2 heterocycles. The van der Waals surface area contributed by atoms with Crippen LogP contribution in [0.3, 0.4) is 0 Å². The van der Waals surface area contributed by atoms with E-state index >= 15 is 0 Å². The minimum Gasteiger partial charge on any atom is -0.306 e. The van der Waals surface area contributed by atoms with E-state index in [1.165, 1.54) is 48.5 Å². The quantitative estimate of drug-likeness (QED) is 0.244. The lowest BCUT2D eigenvalue weighted by molar-refractivity contribution is 0.566. The largest absolute Gasteiger partial charge is 0.306 e. The summed E-state index contributed by atoms with van der Waals surface area (Å²) in [6, 6.07) is 13.4. The molecular weight excluding hydrogens is 626 g/mol. The van der Waals surface area contributed by atoms with Crippen molar-refractivity contribution >= 4 is 65.5 Å². The summed E-state index contributed by atoms with van der Waals surface area (Å²) in [6.07, 6.45) is 0. The van der Waals surface area contributed by atoms with Gasteiger partial charge in [-0.3, -0.25) is 9.89 Å². The molecule has 0 aliphatic carbocycles. The maximum absolute atomic E-state index is 14.1. The Morgan fingerprint density at radius 1 is 0.800 bits per heavy atom. The van der Waals surface area contributed by atoms with Crippen molar-refractivity contribution in [1.82, 2.24) is 20.2 Å². The topological polar surface area (TPSA) is 143 Å². The second kappa shape index (κ2) is 10.6. The van der Waals surface area contributed by atoms with Crippen molar-refractivity contribution in [3.05, 3.63) is 103 Å². The Morgan fingerprint density at radius 2 is 1.43 bits per heavy atom. The molecule has 0 unspecified atom stereocenters. The van der Waals surface area contributed by atoms with Crippen molar-refractivity contribution in [3.8, 4) is 11.4 Å². The molecule has 0 aliphatic rings. The van der Waals surface area contributed by atoms with Crippen molar-refractivity contribution in [1.29, 1.82) is 0 Å². The second-order valence-electron chi connectivity index (χ2n) is 8.68. The van der Waals surface area contributed by atoms with Gasteiger partial charge in [-0.1, -0.05) is 59.1 Å². The highest BCUT2D eigenvalue weighted by atomic mass is 35.5. The minimum atomic E-state index is -4.03. The number of halogens is 4. The van der Waals surface area contributed by atoms with E-state index in [9.17, 15) is 26.0 Å². The maximum Gasteiger partial charge on any atom is 0.262 e. The Balaban J connectivity index is 1.42. The first-order valence-corrected chi connectivity index (χ1v) is 15.7. The lowest BCUT2D eigenvalue weighted by atomic mass is 10.1. The van der Waals surface area contributed by atoms with Gasteiger partial charge >= 0.3 is 0 Å². The van der Waals surface area contributed by atoms with Crippen molar-refractivity contribution in [2.24, 2.45) is 0 Å². The van der Waals surface area contributed by atoms with E-state index in [4.69, 9.17) is 34.8 Å². The number of fused-ring (bicyclic) bond motifs is 1. The minimum absolute atomic E-state index is 0.0140. The molecule has 0 atom stereocenters. The predicted molar refractivity (Wildman–Crippen MR) is 150 cm³/mol. The Bertz CT molecular complexity index is 2060. The maximum atomic E-state index is 14.1. The predicted octanol–water partition coefficient (Wildman–Crippen LogP) is 5.36. The molecule has 0 aliphatic heterocycles. The number of aromatic amines is 2. The van der Waals surface area contributed by atoms with E-state index in [1.54, 1.807) is 0 Å². The van der Waals surface area contributed by atoms with Crippen molar-refractivity contribution in [2.45, 2.75) is 21.3 Å². The van der Waals surface area contributed by atoms with Gasteiger partial charge < -0.3 is 4.98 Å². The highest BCUT2D eigenvalue weighted by Gasteiger charge is 2.24. The van der Waals surface area contributed by atoms with Gasteiger partial charge in [0.1, 0.15) is 21.9 Å². The van der Waals surface area contributed by atoms with Gasteiger partial charge in [0.25, 0.3) is 5.56 Å². The van der Waals surface area contributed by atoms with E-state index in [2.05, 4.69) is 20.2 Å². The van der Waals surface area contributed by atoms with Crippen LogP contribution in [0.25, 0.3) is 22.4 Å². The molecule has 0 bridgehead atoms. The van der Waals surface area contributed by atoms with Gasteiger partial charge in [0.05, 0.1) is 27.1 Å². The summed E-state index contributed by atoms with van der Waals surface area (Å²) in [5, 5.41) is 6.76. The number of benzene rings is 3. The van der Waals surface area contributed by atoms with E-state index in [0.29, 0.717) is 11.1 Å². The zero-order valence-electron chi connectivity index (χ0n) is 20.0. The van der Waals surface area contributed by atoms with Crippen molar-refractivity contribution < 1.29 is 21.2 Å². The highest BCUT2D eigenvalue weighted by molar-refractivity contribution is 7.91. The SMILES string of the molecule is O=c1[nH]c(-c2ccc(CS(=O)(=O)c3cc(Cl)ccc3F)cc2)nc2n[nH]c(CS(=O)(=O)c3cc(Cl)ccc3Cl)c12. The van der Waals surface area contributed by atoms with Crippen LogP contribution in [0.1, 0.15) is 11.3 Å². The van der Waals surface area contributed by atoms with Crippen LogP contribution in [-0.4, -0.2) is 37.0 Å². The molecule has 9 nitrogen and oxygen atoms in total. The summed E-state index contributed by atoms with van der Waals surface area (Å²) in [5.41, 5.74) is 0.138. The smallest absolute Gasteiger partial charge is 0.262 e. The fourth-order valence-corrected chi connectivity index (χ4v) is 7.80. The molecule has 5 rings (SSSR count). The van der Waals surface area contributed by atoms with Crippen LogP contribution >= 0.6 is 34.8 Å². The fourth-order valence-electron chi connectivity index (χ4n) is 3.99. The van der Waals surface area contributed by atoms with E-state index in [1.807, 2.05) is 0 Å². The Morgan fingerprint density at radius 3 is 2.12 bits per heavy atom. The molecule has 0 radical (unpaired) electrons. The third-order valence-electron chi connectivity index (χ3n) is 5.87. The first-order valence-electron chi connectivity index (χ1n) is 11.3. The first-order chi connectivity index (χ1) is 18.8. The highest BCUT2D eigenvalue weighted by Crippen LogP contribution is 2.29. The standard InChI is InChI=1S/C25H16Cl3FN4O5S2/c26-15-5-7-17(28)20(9-15)40(37,38)12-19-22-24(33-32-19)30-23(31-25(22)34)14-3-1-13(2-4-14)11-39(35,36)21-10-16(27)6-8-18(21)29/h1-10H,11-12H2,(H2,30,31,32,33,34). The normalized spacial score (nSPS) is 12.2. The van der Waals surface area contributed by atoms with Gasteiger partial charge in [-0.25, -0.2) is 26.2 Å². The Kier molecular flexibility index (Phi) is 7.48. The number of nitrogens with one attached hydrogen (secondary N) is 2. The van der Waals surface area contributed by atoms with Gasteiger partial charge in [-0.2, -0.15) is 5.10 Å². The fraction of sp³-hybridized carbons (Fsp3) is 0.0800. The third-order valence-corrected chi connectivity index (χ3v) is 10.2. The van der Waals surface area contributed by atoms with Crippen LogP contribution in [0.15, 0.2) is 75.2 Å². The Labute approximate surface area is 241 Å². The molecule has 206 valence electrons. The van der Waals surface area contributed by atoms with Crippen LogP contribution in [0.4, 0.5) is 4.39 Å². The molecule has 0 saturated heterocycles. The number of aromatic nitrogens is 4. The van der Waals surface area contributed by atoms with Crippen LogP contribution in [0.5, 0.6) is 0 Å². The summed E-state index contributed by atoms with van der Waals surface area (Å²) in [6.45, 7) is 0. The summed E-state index contributed by atoms with van der Waals surface area (Å²) in [7, 11) is -8.03. The van der Waals surface area contributed by atoms with Crippen LogP contribution in [-0.2, 0) is 31.2 Å². The van der Waals surface area contributed by atoms with E-state index in [0.717, 1.165) is 12.1 Å². The van der Waals surface area contributed by atoms with Crippen LogP contribution in [0.2, 0.25) is 15.1 Å². The molecule has 0 amide bonds. The lowest BCUT2D eigenvalue weighted by Gasteiger charge is -2.08. The number of hydrogen-bond acceptors (Lipinski definition) is 7. The molecule has 2 aromatic heterocycles. The third kappa shape index (κ3) is 5.63. The number of hydrogen-bond donors (Lipinski definition) is 2. The summed E-state index contributed by atoms with van der Waals surface area (Å²) in [4.78, 5) is 19.2. The zero-order chi connectivity index (χ0) is 28.8. The molecule has 15 heteroatoms. The van der Waals surface area contributed by atoms with Crippen LogP contribution in [0, 0.1) is 5.82 Å².